The van der Waals surface area contributed by atoms with Crippen molar-refractivity contribution in [2.24, 2.45) is 0 Å². The highest BCUT2D eigenvalue weighted by atomic mass is 16.6. The fourth-order valence-electron chi connectivity index (χ4n) is 3.71. The van der Waals surface area contributed by atoms with Crippen LogP contribution in [0.25, 0.3) is 0 Å². The molecule has 0 aromatic heterocycles. The van der Waals surface area contributed by atoms with Crippen molar-refractivity contribution in [2.45, 2.75) is 105 Å². The molecule has 0 saturated carbocycles. The van der Waals surface area contributed by atoms with Crippen molar-refractivity contribution in [3.63, 3.8) is 0 Å². The summed E-state index contributed by atoms with van der Waals surface area (Å²) < 4.78 is 5.30. The Morgan fingerprint density at radius 1 is 1.06 bits per heavy atom. The predicted molar refractivity (Wildman–Crippen MR) is 138 cm³/mol. The molecule has 198 valence electrons. The topological polar surface area (TPSA) is 108 Å². The van der Waals surface area contributed by atoms with Crippen molar-refractivity contribution in [2.75, 3.05) is 13.1 Å². The number of nitrogens with one attached hydrogen (secondary N) is 2. The van der Waals surface area contributed by atoms with Crippen LogP contribution in [-0.4, -0.2) is 52.6 Å². The van der Waals surface area contributed by atoms with E-state index in [9.17, 15) is 19.5 Å². The number of hydrogen-bond acceptors (Lipinski definition) is 5. The summed E-state index contributed by atoms with van der Waals surface area (Å²) in [7, 11) is 0. The average Bonchev–Trinajstić information content (AvgIpc) is 2.76. The van der Waals surface area contributed by atoms with Crippen molar-refractivity contribution >= 4 is 17.9 Å². The second-order valence-corrected chi connectivity index (χ2v) is 10.0. The Hall–Kier alpha value is -2.77. The molecule has 0 saturated heterocycles. The zero-order valence-corrected chi connectivity index (χ0v) is 22.6. The Morgan fingerprint density at radius 2 is 1.71 bits per heavy atom. The van der Waals surface area contributed by atoms with E-state index >= 15 is 0 Å². The maximum atomic E-state index is 13.6. The van der Waals surface area contributed by atoms with Gasteiger partial charge < -0.3 is 25.4 Å². The molecule has 0 radical (unpaired) electrons. The average molecular weight is 492 g/mol. The first-order valence-corrected chi connectivity index (χ1v) is 12.8. The number of aromatic hydroxyl groups is 1. The van der Waals surface area contributed by atoms with Crippen LogP contribution in [0.2, 0.25) is 0 Å². The molecule has 0 aliphatic rings. The number of aryl methyl sites for hydroxylation is 1. The lowest BCUT2D eigenvalue weighted by Crippen LogP contribution is -2.52. The molecule has 0 fully saturated rings. The fraction of sp³-hybridized carbons (Fsp3) is 0.667. The summed E-state index contributed by atoms with van der Waals surface area (Å²) in [5.74, 6) is -0.779. The molecule has 0 bridgehead atoms. The van der Waals surface area contributed by atoms with Gasteiger partial charge in [-0.1, -0.05) is 57.7 Å². The van der Waals surface area contributed by atoms with Gasteiger partial charge in [0.2, 0.25) is 11.8 Å². The van der Waals surface area contributed by atoms with E-state index < -0.39 is 29.7 Å². The molecule has 1 rings (SSSR count). The molecule has 1 aromatic carbocycles. The lowest BCUT2D eigenvalue weighted by Gasteiger charge is -2.34. The molecule has 3 amide bonds. The number of nitrogens with zero attached hydrogens (tertiary/aromatic N) is 1. The van der Waals surface area contributed by atoms with Gasteiger partial charge in [0, 0.05) is 18.7 Å². The molecule has 0 aliphatic carbocycles. The zero-order chi connectivity index (χ0) is 26.6. The monoisotopic (exact) mass is 491 g/mol. The summed E-state index contributed by atoms with van der Waals surface area (Å²) in [6.07, 6.45) is 4.66. The molecule has 0 aliphatic heterocycles. The molecule has 2 unspecified atom stereocenters. The third-order valence-corrected chi connectivity index (χ3v) is 5.59. The Balaban J connectivity index is 3.34. The number of benzene rings is 1. The predicted octanol–water partition coefficient (Wildman–Crippen LogP) is 4.98. The summed E-state index contributed by atoms with van der Waals surface area (Å²) in [4.78, 5) is 40.9. The van der Waals surface area contributed by atoms with Gasteiger partial charge in [-0.25, -0.2) is 4.79 Å². The summed E-state index contributed by atoms with van der Waals surface area (Å²) >= 11 is 0. The third kappa shape index (κ3) is 10.2. The minimum atomic E-state index is -1.02. The first-order valence-electron chi connectivity index (χ1n) is 12.8. The number of rotatable bonds is 13. The molecule has 8 nitrogen and oxygen atoms in total. The molecule has 3 N–H and O–H groups in total. The van der Waals surface area contributed by atoms with Gasteiger partial charge in [0.25, 0.3) is 0 Å². The lowest BCUT2D eigenvalue weighted by molar-refractivity contribution is -0.142. The van der Waals surface area contributed by atoms with E-state index in [0.717, 1.165) is 32.1 Å². The van der Waals surface area contributed by atoms with Gasteiger partial charge in [0.05, 0.1) is 0 Å². The van der Waals surface area contributed by atoms with E-state index in [1.165, 1.54) is 4.90 Å². The molecule has 35 heavy (non-hydrogen) atoms. The molecule has 2 atom stereocenters. The van der Waals surface area contributed by atoms with Crippen LogP contribution in [0.4, 0.5) is 4.79 Å². The number of unbranched alkanes of at least 4 members (excludes halogenated alkanes) is 4. The second kappa shape index (κ2) is 14.6. The number of phenolic OH excluding ortho intramolecular Hbond substituents is 1. The highest BCUT2D eigenvalue weighted by Crippen LogP contribution is 2.32. The van der Waals surface area contributed by atoms with Crippen molar-refractivity contribution in [1.29, 1.82) is 0 Å². The van der Waals surface area contributed by atoms with Crippen LogP contribution in [0.15, 0.2) is 18.2 Å². The Bertz CT molecular complexity index is 835. The number of hydrogen-bond donors (Lipinski definition) is 3. The van der Waals surface area contributed by atoms with Gasteiger partial charge >= 0.3 is 6.09 Å². The van der Waals surface area contributed by atoms with E-state index in [1.54, 1.807) is 52.8 Å². The van der Waals surface area contributed by atoms with Gasteiger partial charge in [-0.3, -0.25) is 9.59 Å². The van der Waals surface area contributed by atoms with Crippen LogP contribution in [0.1, 0.15) is 97.2 Å². The normalized spacial score (nSPS) is 13.0. The smallest absolute Gasteiger partial charge is 0.408 e. The van der Waals surface area contributed by atoms with Crippen LogP contribution >= 0.6 is 0 Å². The van der Waals surface area contributed by atoms with Crippen molar-refractivity contribution in [1.82, 2.24) is 15.5 Å². The van der Waals surface area contributed by atoms with Gasteiger partial charge in [-0.15, -0.1) is 0 Å². The van der Waals surface area contributed by atoms with Crippen LogP contribution in [0.5, 0.6) is 5.75 Å². The zero-order valence-electron chi connectivity index (χ0n) is 22.6. The van der Waals surface area contributed by atoms with Crippen molar-refractivity contribution < 1.29 is 24.2 Å². The van der Waals surface area contributed by atoms with Gasteiger partial charge in [-0.05, 0) is 53.0 Å². The molecule has 0 heterocycles. The Labute approximate surface area is 210 Å². The number of ether oxygens (including phenoxy) is 1. The van der Waals surface area contributed by atoms with E-state index in [1.807, 2.05) is 6.92 Å². The van der Waals surface area contributed by atoms with Gasteiger partial charge in [0.15, 0.2) is 0 Å². The number of carbonyl (C=O) groups is 3. The van der Waals surface area contributed by atoms with Crippen molar-refractivity contribution in [3.8, 4) is 5.75 Å². The SMILES string of the molecule is CCCCCCN(C(=O)C(C)NC(=O)OC(C)(C)C)C(C(=O)NCCCC)c1cccc(C)c1O. The van der Waals surface area contributed by atoms with Crippen LogP contribution < -0.4 is 10.6 Å². The van der Waals surface area contributed by atoms with E-state index in [0.29, 0.717) is 30.6 Å². The second-order valence-electron chi connectivity index (χ2n) is 10.0. The maximum Gasteiger partial charge on any atom is 0.408 e. The Morgan fingerprint density at radius 3 is 2.31 bits per heavy atom. The highest BCUT2D eigenvalue weighted by molar-refractivity contribution is 5.92. The third-order valence-electron chi connectivity index (χ3n) is 5.59. The quantitative estimate of drug-likeness (QED) is 0.337. The molecular formula is C27H45N3O5. The fourth-order valence-corrected chi connectivity index (χ4v) is 3.71. The number of amides is 3. The first-order chi connectivity index (χ1) is 16.4. The summed E-state index contributed by atoms with van der Waals surface area (Å²) in [6.45, 7) is 13.5. The summed E-state index contributed by atoms with van der Waals surface area (Å²) in [6, 6.07) is 3.24. The number of carbonyl (C=O) groups excluding carboxylic acids is 3. The highest BCUT2D eigenvalue weighted by Gasteiger charge is 2.36. The summed E-state index contributed by atoms with van der Waals surface area (Å²) in [5.41, 5.74) is 0.279. The van der Waals surface area contributed by atoms with Crippen molar-refractivity contribution in [3.05, 3.63) is 29.3 Å². The maximum absolute atomic E-state index is 13.6. The van der Waals surface area contributed by atoms with E-state index in [2.05, 4.69) is 17.6 Å². The van der Waals surface area contributed by atoms with Crippen LogP contribution in [-0.2, 0) is 14.3 Å². The number of para-hydroxylation sites is 1. The first kappa shape index (κ1) is 30.3. The molecule has 0 spiro atoms. The molecule has 1 aromatic rings. The van der Waals surface area contributed by atoms with Gasteiger partial charge in [-0.2, -0.15) is 0 Å². The standard InChI is InChI=1S/C27H45N3O5/c1-8-10-12-13-18-30(25(33)20(4)29-26(34)35-27(5,6)7)22(24(32)28-17-11-9-2)21-16-14-15-19(3)23(21)31/h14-16,20,22,31H,8-13,17-18H2,1-7H3,(H,28,32)(H,29,34). The minimum Gasteiger partial charge on any atom is -0.507 e. The number of alkyl carbamates (subject to hydrolysis) is 1. The lowest BCUT2D eigenvalue weighted by atomic mass is 9.99. The van der Waals surface area contributed by atoms with Gasteiger partial charge in [0.1, 0.15) is 23.4 Å². The summed E-state index contributed by atoms with van der Waals surface area (Å²) in [5, 5.41) is 16.3. The largest absolute Gasteiger partial charge is 0.507 e. The minimum absolute atomic E-state index is 0.0118. The van der Waals surface area contributed by atoms with E-state index in [-0.39, 0.29) is 11.7 Å². The molecule has 8 heteroatoms. The van der Waals surface area contributed by atoms with Crippen LogP contribution in [0, 0.1) is 6.92 Å². The molecular weight excluding hydrogens is 446 g/mol. The van der Waals surface area contributed by atoms with E-state index in [4.69, 9.17) is 4.74 Å². The van der Waals surface area contributed by atoms with Crippen LogP contribution in [0.3, 0.4) is 0 Å². The Kier molecular flexibility index (Phi) is 12.6. The number of phenols is 1.